The first-order valence-electron chi connectivity index (χ1n) is 3.58. The molecule has 0 heterocycles. The molecule has 1 rings (SSSR count). The van der Waals surface area contributed by atoms with Gasteiger partial charge in [0.15, 0.2) is 6.29 Å². The molecule has 0 aliphatic carbocycles. The Bertz CT molecular complexity index is 336. The van der Waals surface area contributed by atoms with Gasteiger partial charge in [0.05, 0.1) is 0 Å². The molecule has 0 spiro atoms. The molecule has 0 radical (unpaired) electrons. The predicted octanol–water partition coefficient (Wildman–Crippen LogP) is 2.94. The molecule has 0 aromatic heterocycles. The number of aldehydes is 1. The molecule has 0 unspecified atom stereocenters. The van der Waals surface area contributed by atoms with E-state index >= 15 is 0 Å². The number of halogens is 3. The molecule has 1 nitrogen and oxygen atoms in total. The van der Waals surface area contributed by atoms with Crippen LogP contribution in [0.3, 0.4) is 0 Å². The predicted molar refractivity (Wildman–Crippen MR) is 46.1 cm³/mol. The van der Waals surface area contributed by atoms with Crippen molar-refractivity contribution in [1.29, 1.82) is 0 Å². The Kier molecular flexibility index (Phi) is 2.66. The molecule has 0 fully saturated rings. The average Bonchev–Trinajstić information content (AvgIpc) is 2.09. The van der Waals surface area contributed by atoms with Crippen LogP contribution in [0.5, 0.6) is 0 Å². The fraction of sp³-hybridized carbons (Fsp3) is 0.222. The van der Waals surface area contributed by atoms with Crippen LogP contribution in [0.1, 0.15) is 11.1 Å². The normalized spacial score (nSPS) is 11.4. The number of rotatable bonds is 2. The highest BCUT2D eigenvalue weighted by molar-refractivity contribution is 6.31. The molecule has 4 heteroatoms. The third-order valence-corrected chi connectivity index (χ3v) is 2.11. The van der Waals surface area contributed by atoms with Crippen molar-refractivity contribution in [1.82, 2.24) is 0 Å². The second kappa shape index (κ2) is 3.42. The number of benzene rings is 1. The van der Waals surface area contributed by atoms with Gasteiger partial charge in [-0.1, -0.05) is 17.7 Å². The van der Waals surface area contributed by atoms with Crippen LogP contribution in [-0.4, -0.2) is 6.29 Å². The lowest BCUT2D eigenvalue weighted by Crippen LogP contribution is -2.14. The Hall–Kier alpha value is -0.960. The summed E-state index contributed by atoms with van der Waals surface area (Å²) >= 11 is 5.64. The number of carbonyl (C=O) groups is 1. The molecule has 1 aromatic rings. The molecule has 70 valence electrons. The highest BCUT2D eigenvalue weighted by Crippen LogP contribution is 2.28. The SMILES string of the molecule is Cc1cc(C(F)(F)C=O)ccc1Cl. The topological polar surface area (TPSA) is 17.1 Å². The molecular weight excluding hydrogens is 198 g/mol. The van der Waals surface area contributed by atoms with E-state index in [2.05, 4.69) is 0 Å². The van der Waals surface area contributed by atoms with Crippen LogP contribution >= 0.6 is 11.6 Å². The monoisotopic (exact) mass is 204 g/mol. The van der Waals surface area contributed by atoms with Crippen molar-refractivity contribution < 1.29 is 13.6 Å². The molecule has 0 saturated heterocycles. The van der Waals surface area contributed by atoms with Gasteiger partial charge in [-0.2, -0.15) is 8.78 Å². The van der Waals surface area contributed by atoms with Crippen LogP contribution in [-0.2, 0) is 10.7 Å². The third-order valence-electron chi connectivity index (χ3n) is 1.69. The Morgan fingerprint density at radius 1 is 1.46 bits per heavy atom. The van der Waals surface area contributed by atoms with Gasteiger partial charge in [0.2, 0.25) is 0 Å². The summed E-state index contributed by atoms with van der Waals surface area (Å²) in [6.45, 7) is 1.60. The van der Waals surface area contributed by atoms with Crippen molar-refractivity contribution in [3.63, 3.8) is 0 Å². The quantitative estimate of drug-likeness (QED) is 0.677. The van der Waals surface area contributed by atoms with Crippen molar-refractivity contribution in [2.24, 2.45) is 0 Å². The molecule has 13 heavy (non-hydrogen) atoms. The van der Waals surface area contributed by atoms with E-state index in [4.69, 9.17) is 11.6 Å². The summed E-state index contributed by atoms with van der Waals surface area (Å²) in [5.74, 6) is -3.42. The van der Waals surface area contributed by atoms with Crippen LogP contribution in [0, 0.1) is 6.92 Å². The van der Waals surface area contributed by atoms with E-state index in [0.717, 1.165) is 6.07 Å². The van der Waals surface area contributed by atoms with Crippen LogP contribution in [0.25, 0.3) is 0 Å². The van der Waals surface area contributed by atoms with Crippen LogP contribution in [0.15, 0.2) is 18.2 Å². The number of aryl methyl sites for hydroxylation is 1. The maximum atomic E-state index is 12.8. The van der Waals surface area contributed by atoms with Gasteiger partial charge < -0.3 is 0 Å². The Balaban J connectivity index is 3.18. The molecule has 0 bridgehead atoms. The molecule has 1 aromatic carbocycles. The van der Waals surface area contributed by atoms with Crippen LogP contribution in [0.2, 0.25) is 5.02 Å². The van der Waals surface area contributed by atoms with Gasteiger partial charge in [0.1, 0.15) is 0 Å². The maximum absolute atomic E-state index is 12.8. The summed E-state index contributed by atoms with van der Waals surface area (Å²) in [4.78, 5) is 10.0. The lowest BCUT2D eigenvalue weighted by atomic mass is 10.1. The van der Waals surface area contributed by atoms with Crippen molar-refractivity contribution in [2.75, 3.05) is 0 Å². The van der Waals surface area contributed by atoms with E-state index in [1.807, 2.05) is 0 Å². The highest BCUT2D eigenvalue weighted by Gasteiger charge is 2.30. The first-order valence-corrected chi connectivity index (χ1v) is 3.96. The molecule has 0 aliphatic rings. The minimum absolute atomic E-state index is 0.329. The van der Waals surface area contributed by atoms with Crippen LogP contribution in [0.4, 0.5) is 8.78 Å². The van der Waals surface area contributed by atoms with E-state index in [-0.39, 0.29) is 11.8 Å². The number of alkyl halides is 2. The van der Waals surface area contributed by atoms with Crippen molar-refractivity contribution in [3.05, 3.63) is 34.3 Å². The van der Waals surface area contributed by atoms with Gasteiger partial charge in [-0.25, -0.2) is 0 Å². The first-order chi connectivity index (χ1) is 5.97. The molecular formula is C9H7ClF2O. The maximum Gasteiger partial charge on any atom is 0.327 e. The molecule has 0 N–H and O–H groups in total. The highest BCUT2D eigenvalue weighted by atomic mass is 35.5. The van der Waals surface area contributed by atoms with E-state index in [0.29, 0.717) is 10.6 Å². The lowest BCUT2D eigenvalue weighted by molar-refractivity contribution is -0.130. The lowest BCUT2D eigenvalue weighted by Gasteiger charge is -2.09. The van der Waals surface area contributed by atoms with E-state index < -0.39 is 5.92 Å². The van der Waals surface area contributed by atoms with Crippen molar-refractivity contribution in [2.45, 2.75) is 12.8 Å². The number of hydrogen-bond donors (Lipinski definition) is 0. The summed E-state index contributed by atoms with van der Waals surface area (Å²) in [7, 11) is 0. The Labute approximate surface area is 79.3 Å². The summed E-state index contributed by atoms with van der Waals surface area (Å²) in [5, 5.41) is 0.408. The van der Waals surface area contributed by atoms with E-state index in [1.165, 1.54) is 12.1 Å². The van der Waals surface area contributed by atoms with Crippen molar-refractivity contribution in [3.8, 4) is 0 Å². The second-order valence-electron chi connectivity index (χ2n) is 2.70. The number of carbonyl (C=O) groups excluding carboxylic acids is 1. The molecule has 0 amide bonds. The fourth-order valence-electron chi connectivity index (χ4n) is 0.920. The van der Waals surface area contributed by atoms with E-state index in [9.17, 15) is 13.6 Å². The van der Waals surface area contributed by atoms with E-state index in [1.54, 1.807) is 6.92 Å². The minimum Gasteiger partial charge on any atom is -0.296 e. The Morgan fingerprint density at radius 3 is 2.54 bits per heavy atom. The second-order valence-corrected chi connectivity index (χ2v) is 3.11. The standard InChI is InChI=1S/C9H7ClF2O/c1-6-4-7(2-3-8(6)10)9(11,12)5-13/h2-5H,1H3. The fourth-order valence-corrected chi connectivity index (χ4v) is 1.04. The first kappa shape index (κ1) is 10.1. The average molecular weight is 205 g/mol. The van der Waals surface area contributed by atoms with Gasteiger partial charge in [-0.3, -0.25) is 4.79 Å². The van der Waals surface area contributed by atoms with Gasteiger partial charge >= 0.3 is 5.92 Å². The minimum atomic E-state index is -3.42. The third kappa shape index (κ3) is 2.04. The summed E-state index contributed by atoms with van der Waals surface area (Å²) in [5.41, 5.74) is 0.199. The summed E-state index contributed by atoms with van der Waals surface area (Å²) < 4.78 is 25.6. The zero-order valence-corrected chi connectivity index (χ0v) is 7.61. The molecule has 0 atom stereocenters. The zero-order valence-electron chi connectivity index (χ0n) is 6.85. The molecule has 0 aliphatic heterocycles. The number of hydrogen-bond acceptors (Lipinski definition) is 1. The molecule has 0 saturated carbocycles. The van der Waals surface area contributed by atoms with Gasteiger partial charge in [-0.05, 0) is 24.6 Å². The van der Waals surface area contributed by atoms with Gasteiger partial charge in [0.25, 0.3) is 0 Å². The Morgan fingerprint density at radius 2 is 2.08 bits per heavy atom. The largest absolute Gasteiger partial charge is 0.327 e. The smallest absolute Gasteiger partial charge is 0.296 e. The van der Waals surface area contributed by atoms with Crippen LogP contribution < -0.4 is 0 Å². The van der Waals surface area contributed by atoms with Gasteiger partial charge in [0, 0.05) is 10.6 Å². The van der Waals surface area contributed by atoms with Crippen molar-refractivity contribution >= 4 is 17.9 Å². The summed E-state index contributed by atoms with van der Waals surface area (Å²) in [6, 6.07) is 3.70. The van der Waals surface area contributed by atoms with Gasteiger partial charge in [-0.15, -0.1) is 0 Å². The zero-order chi connectivity index (χ0) is 10.1. The summed E-state index contributed by atoms with van der Waals surface area (Å²) in [6.07, 6.45) is -0.379.